The van der Waals surface area contributed by atoms with Gasteiger partial charge in [-0.2, -0.15) is 13.2 Å². The van der Waals surface area contributed by atoms with Crippen LogP contribution in [-0.4, -0.2) is 55.4 Å². The van der Waals surface area contributed by atoms with Crippen molar-refractivity contribution in [2.24, 2.45) is 0 Å². The molecule has 1 N–H and O–H groups in total. The van der Waals surface area contributed by atoms with Crippen molar-refractivity contribution in [3.8, 4) is 11.1 Å². The van der Waals surface area contributed by atoms with Crippen LogP contribution in [0.3, 0.4) is 0 Å². The van der Waals surface area contributed by atoms with E-state index >= 15 is 0 Å². The Morgan fingerprint density at radius 1 is 1.06 bits per heavy atom. The number of morpholine rings is 1. The van der Waals surface area contributed by atoms with Crippen LogP contribution < -0.4 is 4.90 Å². The first-order valence-corrected chi connectivity index (χ1v) is 9.74. The van der Waals surface area contributed by atoms with Crippen LogP contribution in [0.1, 0.15) is 15.9 Å². The lowest BCUT2D eigenvalue weighted by Gasteiger charge is -2.27. The summed E-state index contributed by atoms with van der Waals surface area (Å²) in [7, 11) is 1.18. The summed E-state index contributed by atoms with van der Waals surface area (Å²) in [6.45, 7) is 1.76. The largest absolute Gasteiger partial charge is 0.465 e. The molecular weight excluding hydrogens is 429 g/mol. The molecule has 0 unspecified atom stereocenters. The number of rotatable bonds is 3. The maximum atomic E-state index is 13.8. The SMILES string of the molecule is CN(C(=O)O)c1cc2cc(-c3cccc(C(=O)N4CCOCC4)c3)cc(C(F)(F)F)c2o1. The molecule has 2 amide bonds. The fourth-order valence-electron chi connectivity index (χ4n) is 3.56. The number of carbonyl (C=O) groups is 2. The van der Waals surface area contributed by atoms with E-state index in [-0.39, 0.29) is 22.7 Å². The van der Waals surface area contributed by atoms with Crippen LogP contribution in [0.15, 0.2) is 46.9 Å². The van der Waals surface area contributed by atoms with Gasteiger partial charge in [0.15, 0.2) is 0 Å². The number of halogens is 3. The molecule has 10 heteroatoms. The number of alkyl halides is 3. The molecule has 1 fully saturated rings. The lowest BCUT2D eigenvalue weighted by Crippen LogP contribution is -2.40. The number of fused-ring (bicyclic) bond motifs is 1. The second-order valence-electron chi connectivity index (χ2n) is 7.35. The summed E-state index contributed by atoms with van der Waals surface area (Å²) in [5, 5.41) is 9.21. The lowest BCUT2D eigenvalue weighted by molar-refractivity contribution is -0.136. The molecule has 2 heterocycles. The van der Waals surface area contributed by atoms with Gasteiger partial charge in [0.05, 0.1) is 18.8 Å². The van der Waals surface area contributed by atoms with Crippen LogP contribution in [0, 0.1) is 0 Å². The van der Waals surface area contributed by atoms with Gasteiger partial charge in [-0.05, 0) is 35.4 Å². The molecule has 1 aliphatic heterocycles. The Morgan fingerprint density at radius 3 is 2.44 bits per heavy atom. The van der Waals surface area contributed by atoms with Gasteiger partial charge in [0.2, 0.25) is 5.88 Å². The van der Waals surface area contributed by atoms with Crippen LogP contribution in [0.2, 0.25) is 0 Å². The Morgan fingerprint density at radius 2 is 1.78 bits per heavy atom. The number of furan rings is 1. The van der Waals surface area contributed by atoms with Crippen molar-refractivity contribution in [2.45, 2.75) is 6.18 Å². The fraction of sp³-hybridized carbons (Fsp3) is 0.273. The first-order valence-electron chi connectivity index (χ1n) is 9.74. The smallest absolute Gasteiger partial charge is 0.420 e. The normalized spacial score (nSPS) is 14.6. The van der Waals surface area contributed by atoms with E-state index in [0.29, 0.717) is 42.3 Å². The fourth-order valence-corrected chi connectivity index (χ4v) is 3.56. The average molecular weight is 448 g/mol. The van der Waals surface area contributed by atoms with E-state index in [1.807, 2.05) is 0 Å². The first-order chi connectivity index (χ1) is 15.1. The van der Waals surface area contributed by atoms with Crippen molar-refractivity contribution in [1.82, 2.24) is 4.90 Å². The highest BCUT2D eigenvalue weighted by molar-refractivity contribution is 5.97. The molecule has 32 heavy (non-hydrogen) atoms. The second kappa shape index (κ2) is 8.19. The number of amides is 2. The number of benzene rings is 2. The molecule has 0 spiro atoms. The predicted molar refractivity (Wildman–Crippen MR) is 110 cm³/mol. The summed E-state index contributed by atoms with van der Waals surface area (Å²) in [6, 6.07) is 10.0. The van der Waals surface area contributed by atoms with E-state index in [1.165, 1.54) is 19.2 Å². The number of hydrogen-bond acceptors (Lipinski definition) is 4. The van der Waals surface area contributed by atoms with Crippen molar-refractivity contribution >= 4 is 28.9 Å². The molecule has 1 aromatic heterocycles. The van der Waals surface area contributed by atoms with Crippen molar-refractivity contribution in [2.75, 3.05) is 38.3 Å². The second-order valence-corrected chi connectivity index (χ2v) is 7.35. The molecule has 2 aromatic carbocycles. The van der Waals surface area contributed by atoms with Crippen LogP contribution in [-0.2, 0) is 10.9 Å². The average Bonchev–Trinajstić information content (AvgIpc) is 3.21. The third-order valence-corrected chi connectivity index (χ3v) is 5.27. The van der Waals surface area contributed by atoms with Gasteiger partial charge in [0, 0.05) is 37.2 Å². The summed E-state index contributed by atoms with van der Waals surface area (Å²) in [6.07, 6.45) is -6.10. The van der Waals surface area contributed by atoms with E-state index in [9.17, 15) is 22.8 Å². The van der Waals surface area contributed by atoms with Crippen LogP contribution in [0.5, 0.6) is 0 Å². The molecule has 0 aliphatic carbocycles. The number of nitrogens with zero attached hydrogens (tertiary/aromatic N) is 2. The van der Waals surface area contributed by atoms with E-state index in [0.717, 1.165) is 6.07 Å². The topological polar surface area (TPSA) is 83.2 Å². The predicted octanol–water partition coefficient (Wildman–Crippen LogP) is 4.71. The Kier molecular flexibility index (Phi) is 5.55. The minimum atomic E-state index is -4.73. The molecule has 0 saturated carbocycles. The summed E-state index contributed by atoms with van der Waals surface area (Å²) in [5.41, 5.74) is -0.473. The van der Waals surface area contributed by atoms with Crippen molar-refractivity contribution in [3.05, 3.63) is 53.6 Å². The van der Waals surface area contributed by atoms with Crippen molar-refractivity contribution in [1.29, 1.82) is 0 Å². The molecule has 168 valence electrons. The minimum Gasteiger partial charge on any atom is -0.465 e. The van der Waals surface area contributed by atoms with Gasteiger partial charge in [-0.25, -0.2) is 4.79 Å². The molecule has 1 aliphatic rings. The maximum absolute atomic E-state index is 13.8. The van der Waals surface area contributed by atoms with Gasteiger partial charge in [-0.3, -0.25) is 9.69 Å². The van der Waals surface area contributed by atoms with E-state index in [1.54, 1.807) is 29.2 Å². The maximum Gasteiger partial charge on any atom is 0.420 e. The zero-order valence-corrected chi connectivity index (χ0v) is 17.0. The summed E-state index contributed by atoms with van der Waals surface area (Å²) >= 11 is 0. The van der Waals surface area contributed by atoms with Gasteiger partial charge in [-0.1, -0.05) is 12.1 Å². The minimum absolute atomic E-state index is 0.0998. The number of ether oxygens (including phenoxy) is 1. The highest BCUT2D eigenvalue weighted by Crippen LogP contribution is 2.41. The van der Waals surface area contributed by atoms with Crippen molar-refractivity contribution in [3.63, 3.8) is 0 Å². The zero-order chi connectivity index (χ0) is 23.0. The molecule has 3 aromatic rings. The van der Waals surface area contributed by atoms with Gasteiger partial charge in [-0.15, -0.1) is 0 Å². The molecule has 0 bridgehead atoms. The Labute approximate surface area is 180 Å². The quantitative estimate of drug-likeness (QED) is 0.628. The van der Waals surface area contributed by atoms with Gasteiger partial charge < -0.3 is 19.2 Å². The van der Waals surface area contributed by atoms with Gasteiger partial charge >= 0.3 is 12.3 Å². The Hall–Kier alpha value is -3.53. The van der Waals surface area contributed by atoms with Crippen molar-refractivity contribution < 1.29 is 37.0 Å². The molecule has 0 atom stereocenters. The van der Waals surface area contributed by atoms with Crippen LogP contribution in [0.4, 0.5) is 23.8 Å². The highest BCUT2D eigenvalue weighted by Gasteiger charge is 2.35. The summed E-state index contributed by atoms with van der Waals surface area (Å²) in [4.78, 5) is 26.3. The van der Waals surface area contributed by atoms with Gasteiger partial charge in [0.25, 0.3) is 5.91 Å². The number of hydrogen-bond donors (Lipinski definition) is 1. The third-order valence-electron chi connectivity index (χ3n) is 5.27. The molecule has 4 rings (SSSR count). The molecule has 7 nitrogen and oxygen atoms in total. The van der Waals surface area contributed by atoms with E-state index in [4.69, 9.17) is 14.3 Å². The van der Waals surface area contributed by atoms with Gasteiger partial charge in [0.1, 0.15) is 5.58 Å². The lowest BCUT2D eigenvalue weighted by atomic mass is 9.98. The summed E-state index contributed by atoms with van der Waals surface area (Å²) < 4.78 is 51.8. The molecular formula is C22H19F3N2O5. The number of carboxylic acid groups (broad SMARTS) is 1. The zero-order valence-electron chi connectivity index (χ0n) is 17.0. The number of anilines is 1. The van der Waals surface area contributed by atoms with Crippen LogP contribution >= 0.6 is 0 Å². The Bertz CT molecular complexity index is 1180. The monoisotopic (exact) mass is 448 g/mol. The third kappa shape index (κ3) is 4.13. The van der Waals surface area contributed by atoms with Crippen LogP contribution in [0.25, 0.3) is 22.1 Å². The Balaban J connectivity index is 1.79. The highest BCUT2D eigenvalue weighted by atomic mass is 19.4. The molecule has 1 saturated heterocycles. The number of carbonyl (C=O) groups excluding carboxylic acids is 1. The summed E-state index contributed by atoms with van der Waals surface area (Å²) in [5.74, 6) is -0.452. The first kappa shape index (κ1) is 21.7. The standard InChI is InChI=1S/C22H19F3N2O5/c1-26(21(29)30)18-12-16-10-15(11-17(19(16)32-18)22(23,24)25)13-3-2-4-14(9-13)20(28)27-5-7-31-8-6-27/h2-4,9-12H,5-8H2,1H3,(H,29,30). The molecule has 0 radical (unpaired) electrons. The van der Waals surface area contributed by atoms with E-state index in [2.05, 4.69) is 0 Å². The van der Waals surface area contributed by atoms with E-state index < -0.39 is 23.4 Å².